The van der Waals surface area contributed by atoms with E-state index >= 15 is 0 Å². The average Bonchev–Trinajstić information content (AvgIpc) is 2.39. The van der Waals surface area contributed by atoms with E-state index in [2.05, 4.69) is 37.1 Å². The van der Waals surface area contributed by atoms with Crippen molar-refractivity contribution in [2.75, 3.05) is 18.0 Å². The Hall–Kier alpha value is -0.440. The van der Waals surface area contributed by atoms with Gasteiger partial charge < -0.3 is 10.2 Å². The molecule has 3 atom stereocenters. The van der Waals surface area contributed by atoms with Gasteiger partial charge in [0.2, 0.25) is 0 Å². The van der Waals surface area contributed by atoms with Crippen LogP contribution in [0.15, 0.2) is 18.2 Å². The molecule has 2 nitrogen and oxygen atoms in total. The van der Waals surface area contributed by atoms with E-state index in [4.69, 9.17) is 23.2 Å². The molecular weight excluding hydrogens is 279 g/mol. The predicted molar refractivity (Wildman–Crippen MR) is 84.5 cm³/mol. The molecule has 2 rings (SSSR count). The Morgan fingerprint density at radius 1 is 1.32 bits per heavy atom. The lowest BCUT2D eigenvalue weighted by molar-refractivity contribution is 0.274. The van der Waals surface area contributed by atoms with Crippen LogP contribution < -0.4 is 10.2 Å². The van der Waals surface area contributed by atoms with E-state index in [-0.39, 0.29) is 0 Å². The highest BCUT2D eigenvalue weighted by Gasteiger charge is 2.32. The summed E-state index contributed by atoms with van der Waals surface area (Å²) in [6, 6.07) is 6.91. The minimum atomic E-state index is 0.453. The van der Waals surface area contributed by atoms with Crippen molar-refractivity contribution in [2.45, 2.75) is 39.3 Å². The molecular formula is C15H22Cl2N2. The standard InChI is InChI=1S/C15H22Cl2N2/c1-4-18-13-8-9-19(11(3)10(13)2)14-7-5-6-12(16)15(14)17/h5-7,10-11,13,18H,4,8-9H2,1-3H3. The highest BCUT2D eigenvalue weighted by molar-refractivity contribution is 6.43. The van der Waals surface area contributed by atoms with Gasteiger partial charge >= 0.3 is 0 Å². The minimum Gasteiger partial charge on any atom is -0.367 e. The minimum absolute atomic E-state index is 0.453. The maximum absolute atomic E-state index is 6.35. The summed E-state index contributed by atoms with van der Waals surface area (Å²) in [7, 11) is 0. The van der Waals surface area contributed by atoms with Gasteiger partial charge in [-0.2, -0.15) is 0 Å². The molecule has 1 aliphatic heterocycles. The molecule has 106 valence electrons. The molecule has 1 saturated heterocycles. The second kappa shape index (κ2) is 6.34. The van der Waals surface area contributed by atoms with Crippen LogP contribution in [0.1, 0.15) is 27.2 Å². The number of nitrogens with zero attached hydrogens (tertiary/aromatic N) is 1. The summed E-state index contributed by atoms with van der Waals surface area (Å²) >= 11 is 12.5. The summed E-state index contributed by atoms with van der Waals surface area (Å²) in [5.41, 5.74) is 1.06. The Labute approximate surface area is 126 Å². The van der Waals surface area contributed by atoms with Gasteiger partial charge in [-0.25, -0.2) is 0 Å². The second-order valence-corrected chi connectivity index (χ2v) is 6.10. The van der Waals surface area contributed by atoms with E-state index in [9.17, 15) is 0 Å². The number of anilines is 1. The van der Waals surface area contributed by atoms with E-state index in [0.717, 1.165) is 25.2 Å². The fourth-order valence-corrected chi connectivity index (χ4v) is 3.37. The summed E-state index contributed by atoms with van der Waals surface area (Å²) in [4.78, 5) is 2.38. The maximum Gasteiger partial charge on any atom is 0.0825 e. The largest absolute Gasteiger partial charge is 0.367 e. The zero-order valence-corrected chi connectivity index (χ0v) is 13.3. The van der Waals surface area contributed by atoms with Crippen LogP contribution in [-0.2, 0) is 0 Å². The van der Waals surface area contributed by atoms with Gasteiger partial charge in [-0.15, -0.1) is 0 Å². The predicted octanol–water partition coefficient (Wildman–Crippen LogP) is 4.21. The van der Waals surface area contributed by atoms with Gasteiger partial charge in [0.1, 0.15) is 0 Å². The first-order chi connectivity index (χ1) is 9.06. The van der Waals surface area contributed by atoms with Crippen molar-refractivity contribution in [1.29, 1.82) is 0 Å². The zero-order valence-electron chi connectivity index (χ0n) is 11.8. The van der Waals surface area contributed by atoms with Crippen LogP contribution in [0.4, 0.5) is 5.69 Å². The number of halogens is 2. The lowest BCUT2D eigenvalue weighted by Gasteiger charge is -2.44. The average molecular weight is 301 g/mol. The van der Waals surface area contributed by atoms with E-state index in [1.807, 2.05) is 12.1 Å². The Bertz CT molecular complexity index is 436. The lowest BCUT2D eigenvalue weighted by Crippen LogP contribution is -2.53. The molecule has 1 N–H and O–H groups in total. The van der Waals surface area contributed by atoms with Crippen molar-refractivity contribution < 1.29 is 0 Å². The summed E-state index contributed by atoms with van der Waals surface area (Å²) in [5, 5.41) is 4.88. The molecule has 1 aliphatic rings. The molecule has 0 bridgehead atoms. The van der Waals surface area contributed by atoms with Crippen LogP contribution >= 0.6 is 23.2 Å². The van der Waals surface area contributed by atoms with Crippen molar-refractivity contribution >= 4 is 28.9 Å². The number of benzene rings is 1. The third-order valence-electron chi connectivity index (χ3n) is 4.28. The number of nitrogens with one attached hydrogen (secondary N) is 1. The highest BCUT2D eigenvalue weighted by atomic mass is 35.5. The Morgan fingerprint density at radius 2 is 2.05 bits per heavy atom. The highest BCUT2D eigenvalue weighted by Crippen LogP contribution is 2.36. The third-order valence-corrected chi connectivity index (χ3v) is 5.08. The lowest BCUT2D eigenvalue weighted by atomic mass is 9.86. The van der Waals surface area contributed by atoms with Crippen LogP contribution in [0.25, 0.3) is 0 Å². The summed E-state index contributed by atoms with van der Waals surface area (Å²) in [6.07, 6.45) is 1.14. The molecule has 1 aromatic carbocycles. The van der Waals surface area contributed by atoms with Crippen molar-refractivity contribution in [1.82, 2.24) is 5.32 Å². The van der Waals surface area contributed by atoms with Crippen LogP contribution in [0.5, 0.6) is 0 Å². The van der Waals surface area contributed by atoms with E-state index in [0.29, 0.717) is 28.0 Å². The van der Waals surface area contributed by atoms with Gasteiger partial charge in [0.25, 0.3) is 0 Å². The van der Waals surface area contributed by atoms with E-state index < -0.39 is 0 Å². The molecule has 0 aliphatic carbocycles. The van der Waals surface area contributed by atoms with Crippen molar-refractivity contribution in [3.05, 3.63) is 28.2 Å². The molecule has 1 aromatic rings. The van der Waals surface area contributed by atoms with Crippen molar-refractivity contribution in [2.24, 2.45) is 5.92 Å². The number of rotatable bonds is 3. The monoisotopic (exact) mass is 300 g/mol. The molecule has 4 heteroatoms. The molecule has 19 heavy (non-hydrogen) atoms. The van der Waals surface area contributed by atoms with Crippen LogP contribution in [0, 0.1) is 5.92 Å². The van der Waals surface area contributed by atoms with Gasteiger partial charge in [-0.3, -0.25) is 0 Å². The summed E-state index contributed by atoms with van der Waals surface area (Å²) < 4.78 is 0. The number of hydrogen-bond donors (Lipinski definition) is 1. The quantitative estimate of drug-likeness (QED) is 0.900. The van der Waals surface area contributed by atoms with Crippen molar-refractivity contribution in [3.8, 4) is 0 Å². The molecule has 0 radical (unpaired) electrons. The van der Waals surface area contributed by atoms with Gasteiger partial charge in [0.15, 0.2) is 0 Å². The Morgan fingerprint density at radius 3 is 2.74 bits per heavy atom. The smallest absolute Gasteiger partial charge is 0.0825 e. The SMILES string of the molecule is CCNC1CCN(c2cccc(Cl)c2Cl)C(C)C1C. The molecule has 1 heterocycles. The van der Waals surface area contributed by atoms with Gasteiger partial charge in [0.05, 0.1) is 15.7 Å². The fourth-order valence-electron chi connectivity index (χ4n) is 2.97. The second-order valence-electron chi connectivity index (χ2n) is 5.32. The Balaban J connectivity index is 2.21. The topological polar surface area (TPSA) is 15.3 Å². The summed E-state index contributed by atoms with van der Waals surface area (Å²) in [6.45, 7) is 8.79. The molecule has 1 fully saturated rings. The zero-order chi connectivity index (χ0) is 14.0. The van der Waals surface area contributed by atoms with E-state index in [1.54, 1.807) is 0 Å². The number of piperidine rings is 1. The first-order valence-corrected chi connectivity index (χ1v) is 7.75. The molecule has 0 aromatic heterocycles. The molecule has 0 amide bonds. The third kappa shape index (κ3) is 3.01. The van der Waals surface area contributed by atoms with Gasteiger partial charge in [-0.05, 0) is 37.9 Å². The van der Waals surface area contributed by atoms with E-state index in [1.165, 1.54) is 0 Å². The van der Waals surface area contributed by atoms with Crippen molar-refractivity contribution in [3.63, 3.8) is 0 Å². The maximum atomic E-state index is 6.35. The molecule has 0 spiro atoms. The molecule has 0 saturated carbocycles. The van der Waals surface area contributed by atoms with Crippen LogP contribution in [-0.4, -0.2) is 25.2 Å². The fraction of sp³-hybridized carbons (Fsp3) is 0.600. The van der Waals surface area contributed by atoms with Crippen LogP contribution in [0.3, 0.4) is 0 Å². The molecule has 3 unspecified atom stereocenters. The van der Waals surface area contributed by atoms with Gasteiger partial charge in [-0.1, -0.05) is 43.1 Å². The normalized spacial score (nSPS) is 27.6. The summed E-state index contributed by atoms with van der Waals surface area (Å²) in [5.74, 6) is 0.587. The Kier molecular flexibility index (Phi) is 4.99. The van der Waals surface area contributed by atoms with Crippen LogP contribution in [0.2, 0.25) is 10.0 Å². The first-order valence-electron chi connectivity index (χ1n) is 7.00. The number of hydrogen-bond acceptors (Lipinski definition) is 2. The van der Waals surface area contributed by atoms with Gasteiger partial charge in [0, 0.05) is 18.6 Å². The first kappa shape index (κ1) is 15.0.